The van der Waals surface area contributed by atoms with Gasteiger partial charge in [-0.3, -0.25) is 0 Å². The number of rotatable bonds is 5. The average Bonchev–Trinajstić information content (AvgIpc) is 2.46. The van der Waals surface area contributed by atoms with E-state index in [1.54, 1.807) is 0 Å². The summed E-state index contributed by atoms with van der Waals surface area (Å²) in [6.45, 7) is 7.76. The lowest BCUT2D eigenvalue weighted by Crippen LogP contribution is -2.34. The van der Waals surface area contributed by atoms with Crippen molar-refractivity contribution in [2.24, 2.45) is 0 Å². The van der Waals surface area contributed by atoms with Crippen LogP contribution in [0.4, 0.5) is 0 Å². The highest BCUT2D eigenvalue weighted by molar-refractivity contribution is 14.1. The third kappa shape index (κ3) is 4.06. The van der Waals surface area contributed by atoms with Gasteiger partial charge in [-0.15, -0.1) is 0 Å². The van der Waals surface area contributed by atoms with Crippen molar-refractivity contribution in [3.05, 3.63) is 69.3 Å². The van der Waals surface area contributed by atoms with E-state index in [4.69, 9.17) is 0 Å². The van der Waals surface area contributed by atoms with Gasteiger partial charge in [0.15, 0.2) is 0 Å². The van der Waals surface area contributed by atoms with Crippen LogP contribution >= 0.6 is 22.6 Å². The Morgan fingerprint density at radius 3 is 2.20 bits per heavy atom. The summed E-state index contributed by atoms with van der Waals surface area (Å²) in [5.74, 6) is 0. The molecule has 1 N–H and O–H groups in total. The highest BCUT2D eigenvalue weighted by atomic mass is 127. The third-order valence-corrected chi connectivity index (χ3v) is 4.49. The quantitative estimate of drug-likeness (QED) is 0.728. The number of halogens is 1. The van der Waals surface area contributed by atoms with E-state index in [0.29, 0.717) is 6.04 Å². The van der Waals surface area contributed by atoms with Gasteiger partial charge in [-0.2, -0.15) is 0 Å². The summed E-state index contributed by atoms with van der Waals surface area (Å²) in [5.41, 5.74) is 2.86. The molecule has 106 valence electrons. The smallest absolute Gasteiger partial charge is 0.0292 e. The van der Waals surface area contributed by atoms with Crippen LogP contribution in [0, 0.1) is 3.57 Å². The van der Waals surface area contributed by atoms with Gasteiger partial charge in [-0.05, 0) is 52.8 Å². The molecule has 1 unspecified atom stereocenters. The monoisotopic (exact) mass is 379 g/mol. The first-order chi connectivity index (χ1) is 9.49. The van der Waals surface area contributed by atoms with Crippen molar-refractivity contribution in [3.8, 4) is 0 Å². The van der Waals surface area contributed by atoms with Gasteiger partial charge in [0.2, 0.25) is 0 Å². The normalized spacial score (nSPS) is 13.2. The van der Waals surface area contributed by atoms with Crippen LogP contribution in [-0.2, 0) is 5.41 Å². The predicted molar refractivity (Wildman–Crippen MR) is 95.0 cm³/mol. The minimum atomic E-state index is 0.138. The van der Waals surface area contributed by atoms with Gasteiger partial charge in [0.05, 0.1) is 0 Å². The van der Waals surface area contributed by atoms with Crippen molar-refractivity contribution in [1.29, 1.82) is 0 Å². The summed E-state index contributed by atoms with van der Waals surface area (Å²) in [4.78, 5) is 0. The molecule has 0 aliphatic rings. The molecule has 0 saturated carbocycles. The minimum Gasteiger partial charge on any atom is -0.309 e. The van der Waals surface area contributed by atoms with E-state index in [1.807, 2.05) is 0 Å². The fourth-order valence-corrected chi connectivity index (χ4v) is 2.63. The van der Waals surface area contributed by atoms with E-state index >= 15 is 0 Å². The molecule has 1 nitrogen and oxygen atoms in total. The van der Waals surface area contributed by atoms with Crippen LogP contribution in [0.25, 0.3) is 0 Å². The Bertz CT molecular complexity index is 531. The molecule has 0 aliphatic carbocycles. The highest BCUT2D eigenvalue weighted by Gasteiger charge is 2.20. The Hall–Kier alpha value is -0.870. The van der Waals surface area contributed by atoms with Crippen LogP contribution in [-0.4, -0.2) is 6.54 Å². The summed E-state index contributed by atoms with van der Waals surface area (Å²) < 4.78 is 1.28. The summed E-state index contributed by atoms with van der Waals surface area (Å²) in [5, 5.41) is 3.65. The lowest BCUT2D eigenvalue weighted by Gasteiger charge is -2.28. The summed E-state index contributed by atoms with van der Waals surface area (Å²) in [6, 6.07) is 19.8. The van der Waals surface area contributed by atoms with Crippen LogP contribution in [0.15, 0.2) is 54.6 Å². The first kappa shape index (κ1) is 15.5. The Balaban J connectivity index is 1.99. The average molecular weight is 379 g/mol. The standard InChI is InChI=1S/C18H22IN/c1-14(15-9-11-17(19)12-10-15)20-13-18(2,3)16-7-5-4-6-8-16/h4-12,14,20H,13H2,1-3H3. The molecule has 2 aromatic rings. The Morgan fingerprint density at radius 1 is 1.00 bits per heavy atom. The van der Waals surface area contributed by atoms with Gasteiger partial charge >= 0.3 is 0 Å². The fourth-order valence-electron chi connectivity index (χ4n) is 2.27. The molecular formula is C18H22IN. The highest BCUT2D eigenvalue weighted by Crippen LogP contribution is 2.23. The Morgan fingerprint density at radius 2 is 1.60 bits per heavy atom. The van der Waals surface area contributed by atoms with Crippen molar-refractivity contribution < 1.29 is 0 Å². The van der Waals surface area contributed by atoms with Crippen LogP contribution in [0.3, 0.4) is 0 Å². The molecule has 0 bridgehead atoms. The lowest BCUT2D eigenvalue weighted by atomic mass is 9.84. The first-order valence-corrected chi connectivity index (χ1v) is 8.11. The maximum atomic E-state index is 3.65. The topological polar surface area (TPSA) is 12.0 Å². The van der Waals surface area contributed by atoms with E-state index in [1.165, 1.54) is 14.7 Å². The van der Waals surface area contributed by atoms with E-state index in [9.17, 15) is 0 Å². The fraction of sp³-hybridized carbons (Fsp3) is 0.333. The predicted octanol–water partition coefficient (Wildman–Crippen LogP) is 4.92. The van der Waals surface area contributed by atoms with E-state index < -0.39 is 0 Å². The molecule has 2 heteroatoms. The second kappa shape index (κ2) is 6.72. The van der Waals surface area contributed by atoms with Gasteiger partial charge in [0, 0.05) is 21.6 Å². The SMILES string of the molecule is CC(NCC(C)(C)c1ccccc1)c1ccc(I)cc1. The lowest BCUT2D eigenvalue weighted by molar-refractivity contribution is 0.435. The first-order valence-electron chi connectivity index (χ1n) is 7.03. The zero-order valence-electron chi connectivity index (χ0n) is 12.4. The molecule has 0 saturated heterocycles. The van der Waals surface area contributed by atoms with Crippen molar-refractivity contribution >= 4 is 22.6 Å². The molecular weight excluding hydrogens is 357 g/mol. The molecule has 0 spiro atoms. The maximum Gasteiger partial charge on any atom is 0.0292 e. The molecule has 20 heavy (non-hydrogen) atoms. The summed E-state index contributed by atoms with van der Waals surface area (Å²) in [6.07, 6.45) is 0. The second-order valence-electron chi connectivity index (χ2n) is 5.90. The van der Waals surface area contributed by atoms with E-state index in [-0.39, 0.29) is 5.41 Å². The molecule has 0 amide bonds. The van der Waals surface area contributed by atoms with Gasteiger partial charge < -0.3 is 5.32 Å². The second-order valence-corrected chi connectivity index (χ2v) is 7.15. The maximum absolute atomic E-state index is 3.65. The van der Waals surface area contributed by atoms with Crippen molar-refractivity contribution in [2.45, 2.75) is 32.2 Å². The number of hydrogen-bond donors (Lipinski definition) is 1. The van der Waals surface area contributed by atoms with Crippen LogP contribution in [0.1, 0.15) is 37.9 Å². The van der Waals surface area contributed by atoms with E-state index in [2.05, 4.69) is 103 Å². The molecule has 0 fully saturated rings. The van der Waals surface area contributed by atoms with Crippen LogP contribution in [0.5, 0.6) is 0 Å². The van der Waals surface area contributed by atoms with Gasteiger partial charge in [-0.25, -0.2) is 0 Å². The Labute approximate surface area is 135 Å². The van der Waals surface area contributed by atoms with Gasteiger partial charge in [0.25, 0.3) is 0 Å². The van der Waals surface area contributed by atoms with Gasteiger partial charge in [0.1, 0.15) is 0 Å². The molecule has 0 radical (unpaired) electrons. The van der Waals surface area contributed by atoms with Crippen LogP contribution < -0.4 is 5.32 Å². The minimum absolute atomic E-state index is 0.138. The molecule has 2 aromatic carbocycles. The van der Waals surface area contributed by atoms with Crippen LogP contribution in [0.2, 0.25) is 0 Å². The van der Waals surface area contributed by atoms with Crippen molar-refractivity contribution in [2.75, 3.05) is 6.54 Å². The molecule has 0 heterocycles. The number of nitrogens with one attached hydrogen (secondary N) is 1. The molecule has 0 aliphatic heterocycles. The molecule has 0 aromatic heterocycles. The van der Waals surface area contributed by atoms with Crippen molar-refractivity contribution in [1.82, 2.24) is 5.32 Å². The number of benzene rings is 2. The molecule has 2 rings (SSSR count). The third-order valence-electron chi connectivity index (χ3n) is 3.78. The van der Waals surface area contributed by atoms with Crippen molar-refractivity contribution in [3.63, 3.8) is 0 Å². The summed E-state index contributed by atoms with van der Waals surface area (Å²) in [7, 11) is 0. The molecule has 1 atom stereocenters. The zero-order valence-corrected chi connectivity index (χ0v) is 14.5. The largest absolute Gasteiger partial charge is 0.309 e. The van der Waals surface area contributed by atoms with E-state index in [0.717, 1.165) is 6.54 Å². The zero-order chi connectivity index (χ0) is 14.6. The number of hydrogen-bond acceptors (Lipinski definition) is 1. The summed E-state index contributed by atoms with van der Waals surface area (Å²) >= 11 is 2.34. The van der Waals surface area contributed by atoms with Gasteiger partial charge in [-0.1, -0.05) is 56.3 Å². The Kier molecular flexibility index (Phi) is 5.22.